The second-order valence-electron chi connectivity index (χ2n) is 4.62. The summed E-state index contributed by atoms with van der Waals surface area (Å²) in [4.78, 5) is 23.2. The molecule has 108 valence electrons. The number of nitrogens with two attached hydrogens (primary N) is 1. The Morgan fingerprint density at radius 3 is 2.29 bits per heavy atom. The van der Waals surface area contributed by atoms with Crippen LogP contribution in [0.4, 0.5) is 5.69 Å². The number of carboxylic acids is 1. The van der Waals surface area contributed by atoms with Crippen LogP contribution in [0, 0.1) is 0 Å². The number of carboxylic acid groups (broad SMARTS) is 1. The van der Waals surface area contributed by atoms with E-state index in [1.54, 1.807) is 48.5 Å². The predicted molar refractivity (Wildman–Crippen MR) is 79.8 cm³/mol. The number of anilines is 1. The van der Waals surface area contributed by atoms with E-state index in [4.69, 9.17) is 10.8 Å². The van der Waals surface area contributed by atoms with Gasteiger partial charge in [0.2, 0.25) is 0 Å². The summed E-state index contributed by atoms with van der Waals surface area (Å²) >= 11 is 0. The molecule has 1 atom stereocenters. The minimum absolute atomic E-state index is 0.192. The van der Waals surface area contributed by atoms with Crippen molar-refractivity contribution in [3.63, 3.8) is 0 Å². The quantitative estimate of drug-likeness (QED) is 0.734. The van der Waals surface area contributed by atoms with Gasteiger partial charge >= 0.3 is 5.97 Å². The van der Waals surface area contributed by atoms with Gasteiger partial charge in [0, 0.05) is 5.69 Å². The van der Waals surface area contributed by atoms with Crippen LogP contribution in [0.1, 0.15) is 28.4 Å². The van der Waals surface area contributed by atoms with Crippen molar-refractivity contribution >= 4 is 17.6 Å². The average Bonchev–Trinajstić information content (AvgIpc) is 2.47. The smallest absolute Gasteiger partial charge is 0.305 e. The first-order valence-electron chi connectivity index (χ1n) is 6.50. The molecule has 0 aromatic heterocycles. The van der Waals surface area contributed by atoms with Gasteiger partial charge in [0.25, 0.3) is 5.91 Å². The number of aliphatic carboxylic acids is 1. The van der Waals surface area contributed by atoms with Crippen molar-refractivity contribution in [3.05, 3.63) is 65.7 Å². The maximum atomic E-state index is 12.2. The Balaban J connectivity index is 2.21. The monoisotopic (exact) mass is 284 g/mol. The van der Waals surface area contributed by atoms with Crippen molar-refractivity contribution in [2.45, 2.75) is 12.5 Å². The molecule has 0 spiro atoms. The third-order valence-corrected chi connectivity index (χ3v) is 3.09. The highest BCUT2D eigenvalue weighted by Crippen LogP contribution is 2.18. The molecule has 4 N–H and O–H groups in total. The number of nitrogen functional groups attached to an aromatic ring is 1. The standard InChI is InChI=1S/C16H16N2O3/c17-13-9-5-4-8-12(13)16(21)18-14(10-15(19)20)11-6-2-1-3-7-11/h1-9,14H,10,17H2,(H,18,21)(H,19,20)/t14-/m0/s1. The van der Waals surface area contributed by atoms with Gasteiger partial charge < -0.3 is 16.2 Å². The molecule has 0 unspecified atom stereocenters. The number of rotatable bonds is 5. The number of para-hydroxylation sites is 1. The van der Waals surface area contributed by atoms with Crippen molar-refractivity contribution in [1.29, 1.82) is 0 Å². The van der Waals surface area contributed by atoms with Gasteiger partial charge in [0.15, 0.2) is 0 Å². The number of carbonyl (C=O) groups is 2. The van der Waals surface area contributed by atoms with Crippen LogP contribution in [0.3, 0.4) is 0 Å². The number of benzene rings is 2. The van der Waals surface area contributed by atoms with E-state index in [-0.39, 0.29) is 12.3 Å². The highest BCUT2D eigenvalue weighted by Gasteiger charge is 2.19. The summed E-state index contributed by atoms with van der Waals surface area (Å²) in [7, 11) is 0. The normalized spacial score (nSPS) is 11.6. The third-order valence-electron chi connectivity index (χ3n) is 3.09. The highest BCUT2D eigenvalue weighted by atomic mass is 16.4. The van der Waals surface area contributed by atoms with E-state index in [1.807, 2.05) is 6.07 Å². The number of carbonyl (C=O) groups excluding carboxylic acids is 1. The lowest BCUT2D eigenvalue weighted by molar-refractivity contribution is -0.137. The van der Waals surface area contributed by atoms with Crippen molar-refractivity contribution < 1.29 is 14.7 Å². The Morgan fingerprint density at radius 2 is 1.67 bits per heavy atom. The fourth-order valence-electron chi connectivity index (χ4n) is 2.05. The Labute approximate surface area is 122 Å². The van der Waals surface area contributed by atoms with Crippen LogP contribution in [0.5, 0.6) is 0 Å². The van der Waals surface area contributed by atoms with E-state index in [9.17, 15) is 9.59 Å². The molecule has 0 aliphatic carbocycles. The fourth-order valence-corrected chi connectivity index (χ4v) is 2.05. The van der Waals surface area contributed by atoms with Crippen molar-refractivity contribution in [1.82, 2.24) is 5.32 Å². The van der Waals surface area contributed by atoms with E-state index < -0.39 is 12.0 Å². The van der Waals surface area contributed by atoms with Gasteiger partial charge in [-0.1, -0.05) is 42.5 Å². The molecule has 0 aliphatic rings. The van der Waals surface area contributed by atoms with Crippen LogP contribution in [-0.4, -0.2) is 17.0 Å². The fraction of sp³-hybridized carbons (Fsp3) is 0.125. The molecular formula is C16H16N2O3. The molecule has 0 aliphatic heterocycles. The number of hydrogen-bond donors (Lipinski definition) is 3. The summed E-state index contributed by atoms with van der Waals surface area (Å²) in [5.74, 6) is -1.37. The molecule has 0 saturated heterocycles. The molecule has 5 heteroatoms. The lowest BCUT2D eigenvalue weighted by atomic mass is 10.0. The van der Waals surface area contributed by atoms with E-state index >= 15 is 0 Å². The first kappa shape index (κ1) is 14.6. The minimum Gasteiger partial charge on any atom is -0.481 e. The zero-order chi connectivity index (χ0) is 15.2. The first-order chi connectivity index (χ1) is 10.1. The molecule has 1 amide bonds. The predicted octanol–water partition coefficient (Wildman–Crippen LogP) is 2.21. The van der Waals surface area contributed by atoms with Crippen LogP contribution in [-0.2, 0) is 4.79 Å². The Bertz CT molecular complexity index is 641. The van der Waals surface area contributed by atoms with Crippen LogP contribution < -0.4 is 11.1 Å². The summed E-state index contributed by atoms with van der Waals surface area (Å²) in [6.07, 6.45) is -0.192. The molecule has 2 rings (SSSR count). The second kappa shape index (κ2) is 6.56. The number of hydrogen-bond acceptors (Lipinski definition) is 3. The van der Waals surface area contributed by atoms with Gasteiger partial charge in [-0.25, -0.2) is 0 Å². The number of nitrogens with one attached hydrogen (secondary N) is 1. The van der Waals surface area contributed by atoms with Gasteiger partial charge in [-0.15, -0.1) is 0 Å². The third kappa shape index (κ3) is 3.82. The Kier molecular flexibility index (Phi) is 4.56. The van der Waals surface area contributed by atoms with Crippen LogP contribution >= 0.6 is 0 Å². The zero-order valence-electron chi connectivity index (χ0n) is 11.3. The molecule has 0 bridgehead atoms. The lowest BCUT2D eigenvalue weighted by Crippen LogP contribution is -2.30. The van der Waals surface area contributed by atoms with Gasteiger partial charge in [-0.05, 0) is 17.7 Å². The first-order valence-corrected chi connectivity index (χ1v) is 6.50. The molecule has 5 nitrogen and oxygen atoms in total. The molecule has 21 heavy (non-hydrogen) atoms. The minimum atomic E-state index is -0.981. The Morgan fingerprint density at radius 1 is 1.05 bits per heavy atom. The molecular weight excluding hydrogens is 268 g/mol. The van der Waals surface area contributed by atoms with Gasteiger partial charge in [-0.3, -0.25) is 9.59 Å². The lowest BCUT2D eigenvalue weighted by Gasteiger charge is -2.18. The largest absolute Gasteiger partial charge is 0.481 e. The molecule has 2 aromatic carbocycles. The van der Waals surface area contributed by atoms with Gasteiger partial charge in [0.05, 0.1) is 18.0 Å². The van der Waals surface area contributed by atoms with E-state index in [0.717, 1.165) is 5.56 Å². The maximum Gasteiger partial charge on any atom is 0.305 e. The van der Waals surface area contributed by atoms with E-state index in [1.165, 1.54) is 0 Å². The summed E-state index contributed by atoms with van der Waals surface area (Å²) in [5, 5.41) is 11.7. The topological polar surface area (TPSA) is 92.4 Å². The van der Waals surface area contributed by atoms with Gasteiger partial charge in [0.1, 0.15) is 0 Å². The van der Waals surface area contributed by atoms with E-state index in [0.29, 0.717) is 11.3 Å². The molecule has 2 aromatic rings. The zero-order valence-corrected chi connectivity index (χ0v) is 11.3. The summed E-state index contributed by atoms with van der Waals surface area (Å²) in [6.45, 7) is 0. The molecule has 0 saturated carbocycles. The number of amides is 1. The maximum absolute atomic E-state index is 12.2. The van der Waals surface area contributed by atoms with Crippen LogP contribution in [0.15, 0.2) is 54.6 Å². The molecule has 0 fully saturated rings. The van der Waals surface area contributed by atoms with Gasteiger partial charge in [-0.2, -0.15) is 0 Å². The SMILES string of the molecule is Nc1ccccc1C(=O)N[C@@H](CC(=O)O)c1ccccc1. The van der Waals surface area contributed by atoms with Crippen molar-refractivity contribution in [2.75, 3.05) is 5.73 Å². The molecule has 0 radical (unpaired) electrons. The van der Waals surface area contributed by atoms with E-state index in [2.05, 4.69) is 5.32 Å². The van der Waals surface area contributed by atoms with Crippen LogP contribution in [0.2, 0.25) is 0 Å². The average molecular weight is 284 g/mol. The second-order valence-corrected chi connectivity index (χ2v) is 4.62. The molecule has 0 heterocycles. The van der Waals surface area contributed by atoms with Crippen molar-refractivity contribution in [3.8, 4) is 0 Å². The van der Waals surface area contributed by atoms with Crippen molar-refractivity contribution in [2.24, 2.45) is 0 Å². The Hall–Kier alpha value is -2.82. The highest BCUT2D eigenvalue weighted by molar-refractivity contribution is 5.99. The summed E-state index contributed by atoms with van der Waals surface area (Å²) in [6, 6.07) is 15.1. The van der Waals surface area contributed by atoms with Crippen LogP contribution in [0.25, 0.3) is 0 Å². The summed E-state index contributed by atoms with van der Waals surface area (Å²) in [5.41, 5.74) is 7.19. The summed E-state index contributed by atoms with van der Waals surface area (Å²) < 4.78 is 0.